The Morgan fingerprint density at radius 3 is 2.52 bits per heavy atom. The second-order valence-electron chi connectivity index (χ2n) is 7.04. The Morgan fingerprint density at radius 2 is 1.80 bits per heavy atom. The minimum absolute atomic E-state index is 0.0156. The number of likely N-dealkylation sites (N-methyl/N-ethyl adjacent to an activating group) is 1. The topological polar surface area (TPSA) is 60.9 Å². The molecule has 0 radical (unpaired) electrons. The zero-order valence-corrected chi connectivity index (χ0v) is 15.6. The molecule has 1 saturated heterocycles. The summed E-state index contributed by atoms with van der Waals surface area (Å²) in [4.78, 5) is 2.42. The summed E-state index contributed by atoms with van der Waals surface area (Å²) in [6.45, 7) is 0.836. The van der Waals surface area contributed by atoms with Crippen molar-refractivity contribution >= 4 is 20.8 Å². The van der Waals surface area contributed by atoms with Gasteiger partial charge in [-0.2, -0.15) is 4.31 Å². The molecule has 0 unspecified atom stereocenters. The summed E-state index contributed by atoms with van der Waals surface area (Å²) in [6, 6.07) is 13.1. The van der Waals surface area contributed by atoms with Crippen molar-refractivity contribution in [2.75, 3.05) is 33.8 Å². The van der Waals surface area contributed by atoms with E-state index < -0.39 is 10.0 Å². The van der Waals surface area contributed by atoms with Crippen LogP contribution in [0.5, 0.6) is 0 Å². The molecule has 2 aromatic carbocycles. The molecule has 2 atom stereocenters. The Hall–Kier alpha value is -1.47. The lowest BCUT2D eigenvalue weighted by Crippen LogP contribution is -2.42. The zero-order valence-electron chi connectivity index (χ0n) is 14.8. The third kappa shape index (κ3) is 3.72. The highest BCUT2D eigenvalue weighted by molar-refractivity contribution is 7.89. The van der Waals surface area contributed by atoms with Gasteiger partial charge in [0.1, 0.15) is 0 Å². The van der Waals surface area contributed by atoms with Crippen LogP contribution in [0, 0.1) is 5.92 Å². The number of aliphatic hydroxyl groups is 1. The van der Waals surface area contributed by atoms with E-state index in [-0.39, 0.29) is 18.6 Å². The number of fused-ring (bicyclic) bond motifs is 1. The Balaban J connectivity index is 2.04. The van der Waals surface area contributed by atoms with E-state index in [2.05, 4.69) is 4.90 Å². The van der Waals surface area contributed by atoms with Gasteiger partial charge < -0.3 is 10.0 Å². The minimum atomic E-state index is -3.63. The van der Waals surface area contributed by atoms with E-state index in [1.165, 1.54) is 0 Å². The first-order chi connectivity index (χ1) is 11.9. The SMILES string of the molecule is CN(C)[C@@H]1CC[C@H](CO)CN(S(=O)(=O)c2cccc3ccccc23)C1. The molecule has 0 spiro atoms. The monoisotopic (exact) mass is 362 g/mol. The van der Waals surface area contributed by atoms with Gasteiger partial charge in [-0.1, -0.05) is 36.4 Å². The van der Waals surface area contributed by atoms with Crippen molar-refractivity contribution in [1.29, 1.82) is 0 Å². The smallest absolute Gasteiger partial charge is 0.243 e. The summed E-state index contributed by atoms with van der Waals surface area (Å²) < 4.78 is 28.4. The first kappa shape index (κ1) is 18.3. The fourth-order valence-corrected chi connectivity index (χ4v) is 5.30. The molecule has 1 fully saturated rings. The van der Waals surface area contributed by atoms with Crippen LogP contribution >= 0.6 is 0 Å². The van der Waals surface area contributed by atoms with Gasteiger partial charge in [0, 0.05) is 31.1 Å². The highest BCUT2D eigenvalue weighted by Crippen LogP contribution is 2.29. The lowest BCUT2D eigenvalue weighted by molar-refractivity contribution is 0.204. The van der Waals surface area contributed by atoms with E-state index in [0.717, 1.165) is 23.6 Å². The largest absolute Gasteiger partial charge is 0.396 e. The number of hydrogen-bond acceptors (Lipinski definition) is 4. The fraction of sp³-hybridized carbons (Fsp3) is 0.474. The summed E-state index contributed by atoms with van der Waals surface area (Å²) in [5.41, 5.74) is 0. The van der Waals surface area contributed by atoms with Crippen molar-refractivity contribution in [3.8, 4) is 0 Å². The number of nitrogens with zero attached hydrogens (tertiary/aromatic N) is 2. The van der Waals surface area contributed by atoms with Crippen LogP contribution in [0.2, 0.25) is 0 Å². The first-order valence-electron chi connectivity index (χ1n) is 8.68. The number of aliphatic hydroxyl groups excluding tert-OH is 1. The quantitative estimate of drug-likeness (QED) is 0.905. The number of sulfonamides is 1. The van der Waals surface area contributed by atoms with Crippen molar-refractivity contribution in [1.82, 2.24) is 9.21 Å². The summed E-state index contributed by atoms with van der Waals surface area (Å²) in [5.74, 6) is -0.0188. The summed E-state index contributed by atoms with van der Waals surface area (Å²) in [5, 5.41) is 11.3. The molecule has 1 aliphatic rings. The van der Waals surface area contributed by atoms with Gasteiger partial charge in [-0.3, -0.25) is 0 Å². The van der Waals surface area contributed by atoms with Crippen LogP contribution in [0.1, 0.15) is 12.8 Å². The van der Waals surface area contributed by atoms with E-state index in [1.54, 1.807) is 16.4 Å². The van der Waals surface area contributed by atoms with Gasteiger partial charge in [0.25, 0.3) is 0 Å². The van der Waals surface area contributed by atoms with E-state index in [4.69, 9.17) is 0 Å². The number of hydrogen-bond donors (Lipinski definition) is 1. The molecule has 1 heterocycles. The second-order valence-corrected chi connectivity index (χ2v) is 8.95. The standard InChI is InChI=1S/C19H26N2O3S/c1-20(2)17-11-10-15(14-22)12-21(13-17)25(23,24)19-9-5-7-16-6-3-4-8-18(16)19/h3-9,15,17,22H,10-14H2,1-2H3/t15-,17+/m0/s1. The van der Waals surface area contributed by atoms with Crippen molar-refractivity contribution in [3.05, 3.63) is 42.5 Å². The van der Waals surface area contributed by atoms with Crippen molar-refractivity contribution < 1.29 is 13.5 Å². The highest BCUT2D eigenvalue weighted by Gasteiger charge is 2.33. The zero-order chi connectivity index (χ0) is 18.0. The molecular weight excluding hydrogens is 336 g/mol. The molecule has 25 heavy (non-hydrogen) atoms. The summed E-state index contributed by atoms with van der Waals surface area (Å²) in [6.07, 6.45) is 1.72. The fourth-order valence-electron chi connectivity index (χ4n) is 3.53. The molecule has 136 valence electrons. The summed E-state index contributed by atoms with van der Waals surface area (Å²) in [7, 11) is 0.332. The van der Waals surface area contributed by atoms with Crippen LogP contribution in [0.4, 0.5) is 0 Å². The summed E-state index contributed by atoms with van der Waals surface area (Å²) >= 11 is 0. The number of rotatable bonds is 4. The highest BCUT2D eigenvalue weighted by atomic mass is 32.2. The molecule has 2 aromatic rings. The molecule has 6 heteroatoms. The van der Waals surface area contributed by atoms with Crippen LogP contribution in [-0.2, 0) is 10.0 Å². The Kier molecular flexibility index (Phi) is 5.43. The van der Waals surface area contributed by atoms with E-state index >= 15 is 0 Å². The van der Waals surface area contributed by atoms with Gasteiger partial charge in [0.05, 0.1) is 4.90 Å². The average molecular weight is 362 g/mol. The lowest BCUT2D eigenvalue weighted by atomic mass is 10.0. The van der Waals surface area contributed by atoms with Crippen LogP contribution in [-0.4, -0.2) is 62.6 Å². The Labute approximate surface area is 149 Å². The average Bonchev–Trinajstić information content (AvgIpc) is 2.84. The maximum absolute atomic E-state index is 13.4. The second kappa shape index (κ2) is 7.41. The molecular formula is C19H26N2O3S. The van der Waals surface area contributed by atoms with E-state index in [1.807, 2.05) is 44.4 Å². The van der Waals surface area contributed by atoms with Gasteiger partial charge >= 0.3 is 0 Å². The third-order valence-corrected chi connectivity index (χ3v) is 7.03. The van der Waals surface area contributed by atoms with Gasteiger partial charge in [-0.05, 0) is 44.3 Å². The van der Waals surface area contributed by atoms with Crippen molar-refractivity contribution in [2.24, 2.45) is 5.92 Å². The predicted octanol–water partition coefficient (Wildman–Crippen LogP) is 2.16. The lowest BCUT2D eigenvalue weighted by Gasteiger charge is -2.28. The third-order valence-electron chi connectivity index (χ3n) is 5.14. The van der Waals surface area contributed by atoms with Gasteiger partial charge in [-0.15, -0.1) is 0 Å². The van der Waals surface area contributed by atoms with E-state index in [9.17, 15) is 13.5 Å². The maximum Gasteiger partial charge on any atom is 0.243 e. The molecule has 0 saturated carbocycles. The number of benzene rings is 2. The van der Waals surface area contributed by atoms with Crippen LogP contribution in [0.25, 0.3) is 10.8 Å². The van der Waals surface area contributed by atoms with Gasteiger partial charge in [0.2, 0.25) is 10.0 Å². The van der Waals surface area contributed by atoms with Crippen LogP contribution in [0.3, 0.4) is 0 Å². The van der Waals surface area contributed by atoms with Gasteiger partial charge in [-0.25, -0.2) is 8.42 Å². The normalized spacial score (nSPS) is 23.0. The molecule has 0 aliphatic carbocycles. The molecule has 0 bridgehead atoms. The van der Waals surface area contributed by atoms with Crippen LogP contribution < -0.4 is 0 Å². The van der Waals surface area contributed by atoms with E-state index in [0.29, 0.717) is 18.0 Å². The van der Waals surface area contributed by atoms with Crippen molar-refractivity contribution in [3.63, 3.8) is 0 Å². The van der Waals surface area contributed by atoms with Gasteiger partial charge in [0.15, 0.2) is 0 Å². The molecule has 0 aromatic heterocycles. The predicted molar refractivity (Wildman–Crippen MR) is 100.0 cm³/mol. The molecule has 0 amide bonds. The Bertz CT molecular complexity index is 830. The van der Waals surface area contributed by atoms with Crippen LogP contribution in [0.15, 0.2) is 47.4 Å². The first-order valence-corrected chi connectivity index (χ1v) is 10.1. The molecule has 1 N–H and O–H groups in total. The Morgan fingerprint density at radius 1 is 1.08 bits per heavy atom. The van der Waals surface area contributed by atoms with Crippen molar-refractivity contribution in [2.45, 2.75) is 23.8 Å². The molecule has 1 aliphatic heterocycles. The maximum atomic E-state index is 13.4. The minimum Gasteiger partial charge on any atom is -0.396 e. The molecule has 5 nitrogen and oxygen atoms in total. The molecule has 3 rings (SSSR count).